The summed E-state index contributed by atoms with van der Waals surface area (Å²) in [5.74, 6) is -0.239. The van der Waals surface area contributed by atoms with Crippen molar-refractivity contribution in [2.24, 2.45) is 0 Å². The molecule has 0 unspecified atom stereocenters. The van der Waals surface area contributed by atoms with Crippen LogP contribution in [0, 0.1) is 5.82 Å². The van der Waals surface area contributed by atoms with Crippen LogP contribution in [0.25, 0.3) is 0 Å². The molecular formula is C13H21FN2O. The number of aliphatic hydroxyl groups excluding tert-OH is 1. The Labute approximate surface area is 102 Å². The molecule has 0 heterocycles. The van der Waals surface area contributed by atoms with Gasteiger partial charge in [0.25, 0.3) is 0 Å². The lowest BCUT2D eigenvalue weighted by Crippen LogP contribution is -2.25. The third kappa shape index (κ3) is 3.98. The van der Waals surface area contributed by atoms with Crippen LogP contribution in [0.15, 0.2) is 18.2 Å². The number of nitrogens with one attached hydrogen (secondary N) is 1. The largest absolute Gasteiger partial charge is 0.395 e. The summed E-state index contributed by atoms with van der Waals surface area (Å²) < 4.78 is 13.8. The summed E-state index contributed by atoms with van der Waals surface area (Å²) in [6.45, 7) is 4.11. The first-order valence-corrected chi connectivity index (χ1v) is 6.00. The first-order valence-electron chi connectivity index (χ1n) is 6.00. The maximum atomic E-state index is 13.8. The predicted molar refractivity (Wildman–Crippen MR) is 68.8 cm³/mol. The number of hydrogen-bond acceptors (Lipinski definition) is 3. The number of benzene rings is 1. The zero-order valence-electron chi connectivity index (χ0n) is 10.5. The van der Waals surface area contributed by atoms with Crippen molar-refractivity contribution in [3.05, 3.63) is 29.6 Å². The topological polar surface area (TPSA) is 35.5 Å². The van der Waals surface area contributed by atoms with E-state index in [2.05, 4.69) is 12.2 Å². The third-order valence-electron chi connectivity index (χ3n) is 2.63. The minimum atomic E-state index is -0.239. The lowest BCUT2D eigenvalue weighted by atomic mass is 10.1. The number of anilines is 1. The quantitative estimate of drug-likeness (QED) is 0.713. The van der Waals surface area contributed by atoms with Crippen LogP contribution in [0.3, 0.4) is 0 Å². The van der Waals surface area contributed by atoms with Crippen molar-refractivity contribution >= 4 is 5.69 Å². The van der Waals surface area contributed by atoms with E-state index in [0.717, 1.165) is 18.5 Å². The van der Waals surface area contributed by atoms with Crippen LogP contribution in [0.4, 0.5) is 10.1 Å². The van der Waals surface area contributed by atoms with E-state index >= 15 is 0 Å². The summed E-state index contributed by atoms with van der Waals surface area (Å²) in [6, 6.07) is 5.08. The Kier molecular flexibility index (Phi) is 5.94. The summed E-state index contributed by atoms with van der Waals surface area (Å²) in [7, 11) is 1.79. The summed E-state index contributed by atoms with van der Waals surface area (Å²) in [5, 5.41) is 12.2. The molecule has 2 N–H and O–H groups in total. The molecule has 4 heteroatoms. The number of aliphatic hydroxyl groups is 1. The second kappa shape index (κ2) is 7.25. The third-order valence-corrected chi connectivity index (χ3v) is 2.63. The smallest absolute Gasteiger partial charge is 0.146 e. The van der Waals surface area contributed by atoms with Crippen molar-refractivity contribution in [2.45, 2.75) is 19.9 Å². The average Bonchev–Trinajstić information content (AvgIpc) is 2.29. The van der Waals surface area contributed by atoms with Gasteiger partial charge in [0.1, 0.15) is 5.82 Å². The van der Waals surface area contributed by atoms with Gasteiger partial charge in [0.05, 0.1) is 12.3 Å². The van der Waals surface area contributed by atoms with Crippen molar-refractivity contribution < 1.29 is 9.50 Å². The van der Waals surface area contributed by atoms with Gasteiger partial charge in [-0.3, -0.25) is 0 Å². The van der Waals surface area contributed by atoms with E-state index in [-0.39, 0.29) is 12.4 Å². The highest BCUT2D eigenvalue weighted by atomic mass is 19.1. The van der Waals surface area contributed by atoms with Crippen molar-refractivity contribution in [3.63, 3.8) is 0 Å². The van der Waals surface area contributed by atoms with Gasteiger partial charge >= 0.3 is 0 Å². The molecule has 3 nitrogen and oxygen atoms in total. The molecule has 0 saturated heterocycles. The first kappa shape index (κ1) is 13.9. The minimum absolute atomic E-state index is 0.0205. The van der Waals surface area contributed by atoms with Gasteiger partial charge in [0.2, 0.25) is 0 Å². The normalized spacial score (nSPS) is 10.6. The van der Waals surface area contributed by atoms with Gasteiger partial charge in [-0.25, -0.2) is 4.39 Å². The number of halogens is 1. The molecule has 0 spiro atoms. The van der Waals surface area contributed by atoms with Crippen LogP contribution in [-0.2, 0) is 6.54 Å². The highest BCUT2D eigenvalue weighted by Crippen LogP contribution is 2.23. The lowest BCUT2D eigenvalue weighted by Gasteiger charge is -2.22. The molecule has 0 aliphatic carbocycles. The van der Waals surface area contributed by atoms with Crippen LogP contribution >= 0.6 is 0 Å². The highest BCUT2D eigenvalue weighted by molar-refractivity contribution is 5.54. The van der Waals surface area contributed by atoms with E-state index in [1.54, 1.807) is 18.0 Å². The molecule has 1 aromatic rings. The summed E-state index contributed by atoms with van der Waals surface area (Å²) >= 11 is 0. The Morgan fingerprint density at radius 2 is 2.18 bits per heavy atom. The molecule has 96 valence electrons. The fourth-order valence-electron chi connectivity index (χ4n) is 1.79. The molecular weight excluding hydrogens is 219 g/mol. The number of rotatable bonds is 7. The number of likely N-dealkylation sites (N-methyl/N-ethyl adjacent to an activating group) is 1. The van der Waals surface area contributed by atoms with Crippen molar-refractivity contribution in [3.8, 4) is 0 Å². The number of nitrogens with zero attached hydrogens (tertiary/aromatic N) is 1. The minimum Gasteiger partial charge on any atom is -0.395 e. The van der Waals surface area contributed by atoms with Gasteiger partial charge in [0, 0.05) is 20.1 Å². The van der Waals surface area contributed by atoms with Gasteiger partial charge in [0.15, 0.2) is 0 Å². The molecule has 0 amide bonds. The Morgan fingerprint density at radius 1 is 1.41 bits per heavy atom. The fourth-order valence-corrected chi connectivity index (χ4v) is 1.79. The summed E-state index contributed by atoms with van der Waals surface area (Å²) in [5.41, 5.74) is 1.50. The van der Waals surface area contributed by atoms with E-state index < -0.39 is 0 Å². The van der Waals surface area contributed by atoms with Gasteiger partial charge in [-0.05, 0) is 24.6 Å². The van der Waals surface area contributed by atoms with Crippen LogP contribution < -0.4 is 10.2 Å². The molecule has 0 aliphatic rings. The second-order valence-corrected chi connectivity index (χ2v) is 4.07. The number of para-hydroxylation sites is 1. The maximum absolute atomic E-state index is 13.8. The fraction of sp³-hybridized carbons (Fsp3) is 0.538. The van der Waals surface area contributed by atoms with E-state index in [4.69, 9.17) is 5.11 Å². The molecule has 1 rings (SSSR count). The van der Waals surface area contributed by atoms with Crippen molar-refractivity contribution in [2.75, 3.05) is 31.6 Å². The van der Waals surface area contributed by atoms with Gasteiger partial charge in [-0.2, -0.15) is 0 Å². The Hall–Kier alpha value is -1.13. The molecule has 0 aromatic heterocycles. The SMILES string of the molecule is CCCNCc1cccc(F)c1N(C)CCO. The van der Waals surface area contributed by atoms with Crippen LogP contribution in [-0.4, -0.2) is 31.9 Å². The van der Waals surface area contributed by atoms with E-state index in [1.807, 2.05) is 6.07 Å². The van der Waals surface area contributed by atoms with Crippen LogP contribution in [0.1, 0.15) is 18.9 Å². The Balaban J connectivity index is 2.83. The molecule has 0 bridgehead atoms. The zero-order chi connectivity index (χ0) is 12.7. The average molecular weight is 240 g/mol. The number of hydrogen-bond donors (Lipinski definition) is 2. The van der Waals surface area contributed by atoms with Crippen molar-refractivity contribution in [1.82, 2.24) is 5.32 Å². The lowest BCUT2D eigenvalue weighted by molar-refractivity contribution is 0.303. The van der Waals surface area contributed by atoms with Gasteiger partial charge in [-0.15, -0.1) is 0 Å². The maximum Gasteiger partial charge on any atom is 0.146 e. The Morgan fingerprint density at radius 3 is 2.82 bits per heavy atom. The first-order chi connectivity index (χ1) is 8.20. The van der Waals surface area contributed by atoms with Crippen molar-refractivity contribution in [1.29, 1.82) is 0 Å². The predicted octanol–water partition coefficient (Wildman–Crippen LogP) is 1.75. The van der Waals surface area contributed by atoms with E-state index in [1.165, 1.54) is 6.07 Å². The molecule has 17 heavy (non-hydrogen) atoms. The standard InChI is InChI=1S/C13H21FN2O/c1-3-7-15-10-11-5-4-6-12(14)13(11)16(2)8-9-17/h4-6,15,17H,3,7-10H2,1-2H3. The summed E-state index contributed by atoms with van der Waals surface area (Å²) in [4.78, 5) is 1.75. The summed E-state index contributed by atoms with van der Waals surface area (Å²) in [6.07, 6.45) is 1.05. The van der Waals surface area contributed by atoms with Crippen LogP contribution in [0.2, 0.25) is 0 Å². The van der Waals surface area contributed by atoms with E-state index in [0.29, 0.717) is 18.8 Å². The highest BCUT2D eigenvalue weighted by Gasteiger charge is 2.11. The second-order valence-electron chi connectivity index (χ2n) is 4.07. The van der Waals surface area contributed by atoms with Gasteiger partial charge in [-0.1, -0.05) is 19.1 Å². The monoisotopic (exact) mass is 240 g/mol. The molecule has 0 radical (unpaired) electrons. The molecule has 0 aliphatic heterocycles. The molecule has 0 fully saturated rings. The Bertz CT molecular complexity index is 344. The van der Waals surface area contributed by atoms with Gasteiger partial charge < -0.3 is 15.3 Å². The van der Waals surface area contributed by atoms with Crippen LogP contribution in [0.5, 0.6) is 0 Å². The zero-order valence-corrected chi connectivity index (χ0v) is 10.5. The van der Waals surface area contributed by atoms with E-state index in [9.17, 15) is 4.39 Å². The molecule has 0 saturated carbocycles. The molecule has 1 aromatic carbocycles. The molecule has 0 atom stereocenters.